The first-order valence-corrected chi connectivity index (χ1v) is 5.96. The summed E-state index contributed by atoms with van der Waals surface area (Å²) in [5.41, 5.74) is 3.29. The van der Waals surface area contributed by atoms with Crippen LogP contribution < -0.4 is 5.32 Å². The van der Waals surface area contributed by atoms with Gasteiger partial charge in [-0.15, -0.1) is 0 Å². The van der Waals surface area contributed by atoms with E-state index in [0.717, 1.165) is 16.8 Å². The smallest absolute Gasteiger partial charge is 0.296 e. The van der Waals surface area contributed by atoms with E-state index in [1.807, 2.05) is 26.0 Å². The van der Waals surface area contributed by atoms with Crippen molar-refractivity contribution in [3.63, 3.8) is 0 Å². The number of carbonyl (C=O) groups excluding carboxylic acids is 2. The van der Waals surface area contributed by atoms with Gasteiger partial charge in [-0.1, -0.05) is 39.8 Å². The van der Waals surface area contributed by atoms with Crippen molar-refractivity contribution in [2.45, 2.75) is 39.5 Å². The molecule has 0 saturated carbocycles. The molecule has 0 unspecified atom stereocenters. The highest BCUT2D eigenvalue weighted by Gasteiger charge is 2.33. The molecule has 0 aliphatic carbocycles. The van der Waals surface area contributed by atoms with Crippen LogP contribution in [0.1, 0.15) is 61.0 Å². The Bertz CT molecular complexity index is 501. The Balaban J connectivity index is 2.70. The Morgan fingerprint density at radius 1 is 0.941 bits per heavy atom. The fourth-order valence-electron chi connectivity index (χ4n) is 2.26. The second kappa shape index (κ2) is 3.99. The molecule has 1 aliphatic rings. The summed E-state index contributed by atoms with van der Waals surface area (Å²) in [6, 6.07) is 3.98. The molecule has 1 aromatic rings. The minimum atomic E-state index is -0.505. The predicted molar refractivity (Wildman–Crippen MR) is 67.6 cm³/mol. The molecule has 3 heteroatoms. The van der Waals surface area contributed by atoms with E-state index >= 15 is 0 Å². The lowest BCUT2D eigenvalue weighted by Gasteiger charge is -2.15. The predicted octanol–water partition coefficient (Wildman–Crippen LogP) is 3.07. The first-order valence-electron chi connectivity index (χ1n) is 5.96. The van der Waals surface area contributed by atoms with E-state index in [1.165, 1.54) is 0 Å². The average molecular weight is 231 g/mol. The molecule has 0 atom stereocenters. The Morgan fingerprint density at radius 2 is 1.47 bits per heavy atom. The standard InChI is InChI=1S/C14H17NO2/c1-7(2)9-5-6-10(8(3)4)12-11(9)13(16)14(17)15-12/h5-8H,1-4H3,(H,15,16,17). The molecule has 1 aromatic carbocycles. The zero-order valence-corrected chi connectivity index (χ0v) is 10.6. The van der Waals surface area contributed by atoms with Gasteiger partial charge in [0.15, 0.2) is 0 Å². The number of nitrogens with one attached hydrogen (secondary N) is 1. The van der Waals surface area contributed by atoms with E-state index in [9.17, 15) is 9.59 Å². The van der Waals surface area contributed by atoms with Crippen LogP contribution in [-0.2, 0) is 4.79 Å². The highest BCUT2D eigenvalue weighted by Crippen LogP contribution is 2.36. The van der Waals surface area contributed by atoms with E-state index in [2.05, 4.69) is 19.2 Å². The Hall–Kier alpha value is -1.64. The van der Waals surface area contributed by atoms with E-state index in [4.69, 9.17) is 0 Å². The first kappa shape index (κ1) is 11.8. The summed E-state index contributed by atoms with van der Waals surface area (Å²) in [6.45, 7) is 8.17. The normalized spacial score (nSPS) is 14.5. The molecule has 0 fully saturated rings. The average Bonchev–Trinajstić information content (AvgIpc) is 2.54. The van der Waals surface area contributed by atoms with Gasteiger partial charge in [-0.3, -0.25) is 9.59 Å². The van der Waals surface area contributed by atoms with Crippen molar-refractivity contribution in [2.75, 3.05) is 5.32 Å². The Kier molecular flexibility index (Phi) is 2.77. The fourth-order valence-corrected chi connectivity index (χ4v) is 2.26. The molecule has 1 amide bonds. The van der Waals surface area contributed by atoms with Crippen molar-refractivity contribution < 1.29 is 9.59 Å². The Morgan fingerprint density at radius 3 is 2.00 bits per heavy atom. The highest BCUT2D eigenvalue weighted by atomic mass is 16.2. The molecular formula is C14H17NO2. The summed E-state index contributed by atoms with van der Waals surface area (Å²) >= 11 is 0. The summed E-state index contributed by atoms with van der Waals surface area (Å²) < 4.78 is 0. The third-order valence-electron chi connectivity index (χ3n) is 3.19. The third-order valence-corrected chi connectivity index (χ3v) is 3.19. The number of benzene rings is 1. The highest BCUT2D eigenvalue weighted by molar-refractivity contribution is 6.52. The first-order chi connectivity index (χ1) is 7.93. The largest absolute Gasteiger partial charge is 0.318 e. The maximum absolute atomic E-state index is 11.9. The minimum Gasteiger partial charge on any atom is -0.318 e. The van der Waals surface area contributed by atoms with E-state index in [0.29, 0.717) is 5.56 Å². The van der Waals surface area contributed by atoms with Gasteiger partial charge >= 0.3 is 0 Å². The van der Waals surface area contributed by atoms with Gasteiger partial charge in [0.05, 0.1) is 11.3 Å². The van der Waals surface area contributed by atoms with Crippen LogP contribution in [0, 0.1) is 0 Å². The van der Waals surface area contributed by atoms with Crippen molar-refractivity contribution in [1.29, 1.82) is 0 Å². The number of rotatable bonds is 2. The number of hydrogen-bond donors (Lipinski definition) is 1. The molecule has 0 saturated heterocycles. The molecule has 2 rings (SSSR count). The van der Waals surface area contributed by atoms with Gasteiger partial charge < -0.3 is 5.32 Å². The number of hydrogen-bond acceptors (Lipinski definition) is 2. The maximum Gasteiger partial charge on any atom is 0.296 e. The molecule has 0 aromatic heterocycles. The zero-order chi connectivity index (χ0) is 12.7. The van der Waals surface area contributed by atoms with Crippen molar-refractivity contribution in [1.82, 2.24) is 0 Å². The molecule has 3 nitrogen and oxygen atoms in total. The van der Waals surface area contributed by atoms with E-state index < -0.39 is 11.7 Å². The number of fused-ring (bicyclic) bond motifs is 1. The lowest BCUT2D eigenvalue weighted by Crippen LogP contribution is -2.13. The van der Waals surface area contributed by atoms with Gasteiger partial charge in [-0.05, 0) is 23.0 Å². The number of Topliss-reactive ketones (excluding diaryl/α,β-unsaturated/α-hetero) is 1. The summed E-state index contributed by atoms with van der Waals surface area (Å²) in [6.07, 6.45) is 0. The maximum atomic E-state index is 11.9. The van der Waals surface area contributed by atoms with Gasteiger partial charge in [-0.25, -0.2) is 0 Å². The lowest BCUT2D eigenvalue weighted by molar-refractivity contribution is -0.112. The molecule has 0 radical (unpaired) electrons. The third kappa shape index (κ3) is 1.75. The molecule has 1 heterocycles. The second-order valence-electron chi connectivity index (χ2n) is 5.09. The second-order valence-corrected chi connectivity index (χ2v) is 5.09. The lowest BCUT2D eigenvalue weighted by atomic mass is 9.90. The van der Waals surface area contributed by atoms with Crippen molar-refractivity contribution in [3.05, 3.63) is 28.8 Å². The summed E-state index contributed by atoms with van der Waals surface area (Å²) in [5.74, 6) is -0.376. The molecule has 1 N–H and O–H groups in total. The fraction of sp³-hybridized carbons (Fsp3) is 0.429. The number of anilines is 1. The van der Waals surface area contributed by atoms with Crippen LogP contribution in [0.5, 0.6) is 0 Å². The number of ketones is 1. The van der Waals surface area contributed by atoms with Crippen LogP contribution >= 0.6 is 0 Å². The van der Waals surface area contributed by atoms with Crippen molar-refractivity contribution >= 4 is 17.4 Å². The molecule has 17 heavy (non-hydrogen) atoms. The van der Waals surface area contributed by atoms with Crippen LogP contribution in [0.3, 0.4) is 0 Å². The van der Waals surface area contributed by atoms with Crippen LogP contribution in [0.15, 0.2) is 12.1 Å². The van der Waals surface area contributed by atoms with E-state index in [-0.39, 0.29) is 11.8 Å². The summed E-state index contributed by atoms with van der Waals surface area (Å²) in [5, 5.41) is 2.70. The zero-order valence-electron chi connectivity index (χ0n) is 10.6. The SMILES string of the molecule is CC(C)c1ccc(C(C)C)c2c1NC(=O)C2=O. The topological polar surface area (TPSA) is 46.2 Å². The summed E-state index contributed by atoms with van der Waals surface area (Å²) in [7, 11) is 0. The number of carbonyl (C=O) groups is 2. The molecule has 90 valence electrons. The minimum absolute atomic E-state index is 0.238. The van der Waals surface area contributed by atoms with Crippen LogP contribution in [0.2, 0.25) is 0 Å². The van der Waals surface area contributed by atoms with Crippen LogP contribution in [-0.4, -0.2) is 11.7 Å². The summed E-state index contributed by atoms with van der Waals surface area (Å²) in [4.78, 5) is 23.4. The van der Waals surface area contributed by atoms with Gasteiger partial charge in [0.1, 0.15) is 0 Å². The number of amides is 1. The van der Waals surface area contributed by atoms with Crippen LogP contribution in [0.4, 0.5) is 5.69 Å². The molecule has 1 aliphatic heterocycles. The monoisotopic (exact) mass is 231 g/mol. The quantitative estimate of drug-likeness (QED) is 0.795. The molecular weight excluding hydrogens is 214 g/mol. The Labute approximate surface area is 101 Å². The molecule has 0 spiro atoms. The van der Waals surface area contributed by atoms with E-state index in [1.54, 1.807) is 0 Å². The molecule has 0 bridgehead atoms. The van der Waals surface area contributed by atoms with Gasteiger partial charge in [0.2, 0.25) is 0 Å². The van der Waals surface area contributed by atoms with Crippen LogP contribution in [0.25, 0.3) is 0 Å². The van der Waals surface area contributed by atoms with Gasteiger partial charge in [-0.2, -0.15) is 0 Å². The van der Waals surface area contributed by atoms with Crippen molar-refractivity contribution in [2.24, 2.45) is 0 Å². The van der Waals surface area contributed by atoms with Crippen molar-refractivity contribution in [3.8, 4) is 0 Å². The van der Waals surface area contributed by atoms with Gasteiger partial charge in [0, 0.05) is 0 Å². The van der Waals surface area contributed by atoms with Gasteiger partial charge in [0.25, 0.3) is 11.7 Å².